The molecule has 22 heavy (non-hydrogen) atoms. The van der Waals surface area contributed by atoms with Crippen molar-refractivity contribution in [3.63, 3.8) is 0 Å². The van der Waals surface area contributed by atoms with Crippen molar-refractivity contribution in [2.75, 3.05) is 6.54 Å². The zero-order valence-corrected chi connectivity index (χ0v) is 11.5. The molecular formula is C17H11NO4. The van der Waals surface area contributed by atoms with Crippen LogP contribution < -0.4 is 0 Å². The molecule has 0 saturated carbocycles. The smallest absolute Gasteiger partial charge is 0.305 e. The van der Waals surface area contributed by atoms with Crippen LogP contribution in [0.4, 0.5) is 0 Å². The van der Waals surface area contributed by atoms with E-state index in [-0.39, 0.29) is 13.0 Å². The SMILES string of the molecule is C#Cc1ccc2c3c(cccc13)C(=O)N(CCC(=O)O)C2=O. The molecule has 5 nitrogen and oxygen atoms in total. The van der Waals surface area contributed by atoms with Crippen LogP contribution in [0.1, 0.15) is 32.7 Å². The monoisotopic (exact) mass is 293 g/mol. The first-order chi connectivity index (χ1) is 10.5. The van der Waals surface area contributed by atoms with Crippen LogP contribution in [0, 0.1) is 12.3 Å². The third-order valence-electron chi connectivity index (χ3n) is 3.70. The van der Waals surface area contributed by atoms with Gasteiger partial charge < -0.3 is 5.11 Å². The number of carboxylic acid groups (broad SMARTS) is 1. The summed E-state index contributed by atoms with van der Waals surface area (Å²) >= 11 is 0. The van der Waals surface area contributed by atoms with Crippen molar-refractivity contribution < 1.29 is 19.5 Å². The highest BCUT2D eigenvalue weighted by Crippen LogP contribution is 2.31. The Labute approximate surface area is 126 Å². The van der Waals surface area contributed by atoms with Crippen molar-refractivity contribution in [2.45, 2.75) is 6.42 Å². The minimum atomic E-state index is -1.06. The highest BCUT2D eigenvalue weighted by Gasteiger charge is 2.33. The highest BCUT2D eigenvalue weighted by molar-refractivity contribution is 6.26. The van der Waals surface area contributed by atoms with Gasteiger partial charge in [0, 0.05) is 28.6 Å². The number of hydrogen-bond donors (Lipinski definition) is 1. The largest absolute Gasteiger partial charge is 0.481 e. The highest BCUT2D eigenvalue weighted by atomic mass is 16.4. The topological polar surface area (TPSA) is 74.7 Å². The van der Waals surface area contributed by atoms with Crippen molar-refractivity contribution in [1.82, 2.24) is 4.90 Å². The third kappa shape index (κ3) is 1.93. The fraction of sp³-hybridized carbons (Fsp3) is 0.118. The molecule has 2 aromatic rings. The molecule has 108 valence electrons. The number of terminal acetylenes is 1. The minimum Gasteiger partial charge on any atom is -0.481 e. The molecule has 0 atom stereocenters. The molecule has 1 heterocycles. The van der Waals surface area contributed by atoms with Gasteiger partial charge in [0.15, 0.2) is 0 Å². The lowest BCUT2D eigenvalue weighted by Crippen LogP contribution is -2.41. The number of rotatable bonds is 3. The van der Waals surface area contributed by atoms with Gasteiger partial charge in [0.1, 0.15) is 0 Å². The van der Waals surface area contributed by atoms with Crippen molar-refractivity contribution in [1.29, 1.82) is 0 Å². The van der Waals surface area contributed by atoms with Crippen LogP contribution in [0.3, 0.4) is 0 Å². The standard InChI is InChI=1S/C17H11NO4/c1-2-10-6-7-13-15-11(10)4-3-5-12(15)16(21)18(17(13)22)9-8-14(19)20/h1,3-7H,8-9H2,(H,19,20). The number of nitrogens with zero attached hydrogens (tertiary/aromatic N) is 1. The Hall–Kier alpha value is -3.13. The van der Waals surface area contributed by atoms with E-state index < -0.39 is 17.8 Å². The second kappa shape index (κ2) is 5.01. The number of imide groups is 1. The molecule has 0 aromatic heterocycles. The number of carbonyl (C=O) groups is 3. The first kappa shape index (κ1) is 13.8. The Morgan fingerprint density at radius 1 is 1.14 bits per heavy atom. The summed E-state index contributed by atoms with van der Waals surface area (Å²) in [5.41, 5.74) is 1.35. The molecule has 5 heteroatoms. The van der Waals surface area contributed by atoms with Gasteiger partial charge in [-0.3, -0.25) is 19.3 Å². The van der Waals surface area contributed by atoms with Gasteiger partial charge in [-0.15, -0.1) is 6.42 Å². The summed E-state index contributed by atoms with van der Waals surface area (Å²) < 4.78 is 0. The summed E-state index contributed by atoms with van der Waals surface area (Å²) in [6.07, 6.45) is 5.17. The summed E-state index contributed by atoms with van der Waals surface area (Å²) in [4.78, 5) is 36.6. The molecule has 2 aromatic carbocycles. The van der Waals surface area contributed by atoms with Crippen molar-refractivity contribution in [3.05, 3.63) is 47.0 Å². The predicted molar refractivity (Wildman–Crippen MR) is 79.5 cm³/mol. The van der Waals surface area contributed by atoms with Crippen LogP contribution in [0.2, 0.25) is 0 Å². The predicted octanol–water partition coefficient (Wildman–Crippen LogP) is 1.89. The Morgan fingerprint density at radius 2 is 1.82 bits per heavy atom. The molecule has 0 saturated heterocycles. The average Bonchev–Trinajstić information content (AvgIpc) is 2.51. The molecule has 0 unspecified atom stereocenters. The minimum absolute atomic E-state index is 0.153. The maximum Gasteiger partial charge on any atom is 0.305 e. The number of amides is 2. The summed E-state index contributed by atoms with van der Waals surface area (Å²) in [5, 5.41) is 9.98. The quantitative estimate of drug-likeness (QED) is 0.692. The van der Waals surface area contributed by atoms with Gasteiger partial charge in [0.2, 0.25) is 0 Å². The van der Waals surface area contributed by atoms with E-state index in [9.17, 15) is 14.4 Å². The normalized spacial score (nSPS) is 13.3. The molecular weight excluding hydrogens is 282 g/mol. The maximum absolute atomic E-state index is 12.5. The van der Waals surface area contributed by atoms with Gasteiger partial charge in [-0.05, 0) is 23.6 Å². The van der Waals surface area contributed by atoms with Crippen LogP contribution in [-0.4, -0.2) is 34.3 Å². The van der Waals surface area contributed by atoms with E-state index in [4.69, 9.17) is 11.5 Å². The molecule has 1 aliphatic heterocycles. The molecule has 0 spiro atoms. The van der Waals surface area contributed by atoms with Gasteiger partial charge in [-0.1, -0.05) is 18.1 Å². The lowest BCUT2D eigenvalue weighted by Gasteiger charge is -2.27. The van der Waals surface area contributed by atoms with Crippen molar-refractivity contribution >= 4 is 28.6 Å². The zero-order valence-electron chi connectivity index (χ0n) is 11.5. The molecule has 3 rings (SSSR count). The van der Waals surface area contributed by atoms with E-state index in [1.807, 2.05) is 0 Å². The number of carboxylic acids is 1. The van der Waals surface area contributed by atoms with Gasteiger partial charge in [0.05, 0.1) is 6.42 Å². The Balaban J connectivity index is 2.20. The summed E-state index contributed by atoms with van der Waals surface area (Å²) in [5.74, 6) is 0.502. The molecule has 0 radical (unpaired) electrons. The van der Waals surface area contributed by atoms with E-state index in [2.05, 4.69) is 5.92 Å². The number of carbonyl (C=O) groups excluding carboxylic acids is 2. The Kier molecular flexibility index (Phi) is 3.15. The number of aliphatic carboxylic acids is 1. The van der Waals surface area contributed by atoms with E-state index in [0.29, 0.717) is 27.5 Å². The molecule has 2 amide bonds. The van der Waals surface area contributed by atoms with Crippen LogP contribution in [0.25, 0.3) is 10.8 Å². The third-order valence-corrected chi connectivity index (χ3v) is 3.70. The summed E-state index contributed by atoms with van der Waals surface area (Å²) in [6.45, 7) is -0.153. The fourth-order valence-corrected chi connectivity index (χ4v) is 2.68. The van der Waals surface area contributed by atoms with Gasteiger partial charge >= 0.3 is 5.97 Å². The number of benzene rings is 2. The van der Waals surface area contributed by atoms with Gasteiger partial charge in [-0.2, -0.15) is 0 Å². The fourth-order valence-electron chi connectivity index (χ4n) is 2.68. The van der Waals surface area contributed by atoms with Gasteiger partial charge in [-0.25, -0.2) is 0 Å². The van der Waals surface area contributed by atoms with Crippen LogP contribution in [0.5, 0.6) is 0 Å². The lowest BCUT2D eigenvalue weighted by molar-refractivity contribution is -0.137. The van der Waals surface area contributed by atoms with Crippen LogP contribution >= 0.6 is 0 Å². The van der Waals surface area contributed by atoms with E-state index in [0.717, 1.165) is 4.90 Å². The van der Waals surface area contributed by atoms with Crippen LogP contribution in [0.15, 0.2) is 30.3 Å². The zero-order chi connectivity index (χ0) is 15.9. The first-order valence-corrected chi connectivity index (χ1v) is 6.65. The Morgan fingerprint density at radius 3 is 2.45 bits per heavy atom. The second-order valence-corrected chi connectivity index (χ2v) is 4.94. The van der Waals surface area contributed by atoms with E-state index in [1.54, 1.807) is 30.3 Å². The first-order valence-electron chi connectivity index (χ1n) is 6.65. The van der Waals surface area contributed by atoms with Crippen molar-refractivity contribution in [3.8, 4) is 12.3 Å². The molecule has 0 fully saturated rings. The lowest BCUT2D eigenvalue weighted by atomic mass is 9.91. The van der Waals surface area contributed by atoms with Gasteiger partial charge in [0.25, 0.3) is 11.8 Å². The molecule has 1 aliphatic rings. The molecule has 0 bridgehead atoms. The van der Waals surface area contributed by atoms with Crippen molar-refractivity contribution in [2.24, 2.45) is 0 Å². The van der Waals surface area contributed by atoms with E-state index >= 15 is 0 Å². The van der Waals surface area contributed by atoms with E-state index in [1.165, 1.54) is 0 Å². The summed E-state index contributed by atoms with van der Waals surface area (Å²) in [7, 11) is 0. The molecule has 0 aliphatic carbocycles. The number of hydrogen-bond acceptors (Lipinski definition) is 3. The second-order valence-electron chi connectivity index (χ2n) is 4.94. The Bertz CT molecular complexity index is 854. The maximum atomic E-state index is 12.5. The molecule has 1 N–H and O–H groups in total. The summed E-state index contributed by atoms with van der Waals surface area (Å²) in [6, 6.07) is 8.33. The van der Waals surface area contributed by atoms with Crippen LogP contribution in [-0.2, 0) is 4.79 Å². The average molecular weight is 293 g/mol.